The Morgan fingerprint density at radius 3 is 2.65 bits per heavy atom. The summed E-state index contributed by atoms with van der Waals surface area (Å²) in [6.07, 6.45) is 0.474. The van der Waals surface area contributed by atoms with Crippen LogP contribution in [0.1, 0.15) is 31.7 Å². The van der Waals surface area contributed by atoms with Crippen LogP contribution in [0, 0.1) is 11.7 Å². The van der Waals surface area contributed by atoms with Gasteiger partial charge in [0.2, 0.25) is 5.91 Å². The van der Waals surface area contributed by atoms with Crippen molar-refractivity contribution in [2.45, 2.75) is 31.7 Å². The maximum Gasteiger partial charge on any atom is 0.328 e. The van der Waals surface area contributed by atoms with Gasteiger partial charge in [-0.25, -0.2) is 9.18 Å². The maximum atomic E-state index is 13.7. The van der Waals surface area contributed by atoms with E-state index in [2.05, 4.69) is 5.32 Å². The summed E-state index contributed by atoms with van der Waals surface area (Å²) in [7, 11) is 0. The van der Waals surface area contributed by atoms with Crippen LogP contribution in [0.2, 0.25) is 5.02 Å². The molecule has 2 atom stereocenters. The smallest absolute Gasteiger partial charge is 0.328 e. The first-order valence-corrected chi connectivity index (χ1v) is 6.61. The number of carboxylic acids is 1. The molecule has 0 aliphatic heterocycles. The molecule has 0 spiro atoms. The van der Waals surface area contributed by atoms with Crippen molar-refractivity contribution in [3.8, 4) is 0 Å². The number of aliphatic carboxylic acids is 1. The van der Waals surface area contributed by atoms with E-state index in [1.807, 2.05) is 0 Å². The monoisotopic (exact) mass is 299 g/mol. The topological polar surface area (TPSA) is 66.4 Å². The number of carbonyl (C=O) groups excluding carboxylic acids is 1. The van der Waals surface area contributed by atoms with Gasteiger partial charge in [0.25, 0.3) is 0 Å². The Labute approximate surface area is 120 Å². The number of amides is 1. The van der Waals surface area contributed by atoms with E-state index in [-0.39, 0.29) is 11.8 Å². The predicted molar refractivity (Wildman–Crippen MR) is 72.1 cm³/mol. The third-order valence-corrected chi connectivity index (χ3v) is 3.80. The van der Waals surface area contributed by atoms with Crippen LogP contribution in [-0.4, -0.2) is 22.5 Å². The summed E-state index contributed by atoms with van der Waals surface area (Å²) in [5.74, 6) is -2.65. The van der Waals surface area contributed by atoms with Crippen molar-refractivity contribution in [3.63, 3.8) is 0 Å². The van der Waals surface area contributed by atoms with Crippen LogP contribution < -0.4 is 5.32 Å². The third-order valence-electron chi connectivity index (χ3n) is 3.47. The lowest BCUT2D eigenvalue weighted by molar-refractivity contribution is -0.146. The molecule has 20 heavy (non-hydrogen) atoms. The van der Waals surface area contributed by atoms with Gasteiger partial charge in [-0.2, -0.15) is 0 Å². The second kappa shape index (κ2) is 5.05. The first-order valence-electron chi connectivity index (χ1n) is 6.23. The summed E-state index contributed by atoms with van der Waals surface area (Å²) < 4.78 is 13.7. The quantitative estimate of drug-likeness (QED) is 0.898. The Balaban J connectivity index is 2.09. The van der Waals surface area contributed by atoms with E-state index in [1.54, 1.807) is 6.07 Å². The molecule has 1 aliphatic carbocycles. The first-order chi connectivity index (χ1) is 9.24. The van der Waals surface area contributed by atoms with E-state index in [0.717, 1.165) is 0 Å². The third kappa shape index (κ3) is 2.77. The Morgan fingerprint density at radius 2 is 2.10 bits per heavy atom. The Kier molecular flexibility index (Phi) is 3.73. The minimum atomic E-state index is -1.34. The summed E-state index contributed by atoms with van der Waals surface area (Å²) in [5, 5.41) is 11.7. The fourth-order valence-electron chi connectivity index (χ4n) is 2.12. The number of rotatable bonds is 4. The van der Waals surface area contributed by atoms with Gasteiger partial charge in [0.05, 0.1) is 0 Å². The predicted octanol–water partition coefficient (Wildman–Crippen LogP) is 2.56. The molecule has 1 aromatic rings. The average Bonchev–Trinajstić information content (AvgIpc) is 3.08. The van der Waals surface area contributed by atoms with E-state index < -0.39 is 23.2 Å². The highest BCUT2D eigenvalue weighted by Crippen LogP contribution is 2.50. The van der Waals surface area contributed by atoms with E-state index in [1.165, 1.54) is 26.0 Å². The summed E-state index contributed by atoms with van der Waals surface area (Å²) in [6, 6.07) is 4.39. The zero-order valence-corrected chi connectivity index (χ0v) is 11.9. The van der Waals surface area contributed by atoms with Crippen LogP contribution >= 0.6 is 11.6 Å². The van der Waals surface area contributed by atoms with Crippen molar-refractivity contribution in [1.29, 1.82) is 0 Å². The van der Waals surface area contributed by atoms with Gasteiger partial charge in [-0.1, -0.05) is 17.7 Å². The van der Waals surface area contributed by atoms with Gasteiger partial charge in [-0.3, -0.25) is 4.79 Å². The number of hydrogen-bond donors (Lipinski definition) is 2. The second-order valence-corrected chi connectivity index (χ2v) is 5.91. The lowest BCUT2D eigenvalue weighted by Gasteiger charge is -2.21. The van der Waals surface area contributed by atoms with Gasteiger partial charge < -0.3 is 10.4 Å². The Bertz CT molecular complexity index is 553. The average molecular weight is 300 g/mol. The van der Waals surface area contributed by atoms with Crippen molar-refractivity contribution in [2.24, 2.45) is 5.92 Å². The first kappa shape index (κ1) is 14.8. The van der Waals surface area contributed by atoms with E-state index in [4.69, 9.17) is 16.7 Å². The van der Waals surface area contributed by atoms with Gasteiger partial charge in [0.15, 0.2) is 0 Å². The maximum absolute atomic E-state index is 13.7. The van der Waals surface area contributed by atoms with Crippen molar-refractivity contribution in [1.82, 2.24) is 5.32 Å². The van der Waals surface area contributed by atoms with Crippen LogP contribution in [0.25, 0.3) is 0 Å². The molecule has 0 aromatic heterocycles. The standard InChI is InChI=1S/C14H15ClFNO3/c1-14(2,13(19)20)17-12(18)8-6-7(8)11-9(15)4-3-5-10(11)16/h3-5,7-8H,6H2,1-2H3,(H,17,18)(H,19,20). The molecule has 2 rings (SSSR count). The molecule has 0 saturated heterocycles. The van der Waals surface area contributed by atoms with Crippen molar-refractivity contribution in [2.75, 3.05) is 0 Å². The molecule has 1 saturated carbocycles. The molecular weight excluding hydrogens is 285 g/mol. The van der Waals surface area contributed by atoms with E-state index in [0.29, 0.717) is 17.0 Å². The fourth-order valence-corrected chi connectivity index (χ4v) is 2.43. The van der Waals surface area contributed by atoms with Gasteiger partial charge in [-0.15, -0.1) is 0 Å². The zero-order valence-electron chi connectivity index (χ0n) is 11.1. The van der Waals surface area contributed by atoms with Gasteiger partial charge in [0.1, 0.15) is 11.4 Å². The molecule has 0 radical (unpaired) electrons. The number of carboxylic acid groups (broad SMARTS) is 1. The Hall–Kier alpha value is -1.62. The zero-order chi connectivity index (χ0) is 15.1. The van der Waals surface area contributed by atoms with E-state index >= 15 is 0 Å². The molecule has 2 N–H and O–H groups in total. The van der Waals surface area contributed by atoms with Gasteiger partial charge >= 0.3 is 5.97 Å². The van der Waals surface area contributed by atoms with Crippen molar-refractivity contribution >= 4 is 23.5 Å². The molecule has 0 heterocycles. The van der Waals surface area contributed by atoms with Crippen molar-refractivity contribution in [3.05, 3.63) is 34.6 Å². The highest BCUT2D eigenvalue weighted by Gasteiger charge is 2.47. The molecule has 6 heteroatoms. The molecule has 1 fully saturated rings. The minimum Gasteiger partial charge on any atom is -0.480 e. The highest BCUT2D eigenvalue weighted by molar-refractivity contribution is 6.31. The fraction of sp³-hybridized carbons (Fsp3) is 0.429. The summed E-state index contributed by atoms with van der Waals surface area (Å²) >= 11 is 5.95. The molecule has 1 aliphatic rings. The number of halogens is 2. The van der Waals surface area contributed by atoms with Crippen LogP contribution in [0.15, 0.2) is 18.2 Å². The molecule has 2 unspecified atom stereocenters. The SMILES string of the molecule is CC(C)(NC(=O)C1CC1c1c(F)cccc1Cl)C(=O)O. The van der Waals surface area contributed by atoms with Gasteiger partial charge in [-0.05, 0) is 32.4 Å². The highest BCUT2D eigenvalue weighted by atomic mass is 35.5. The molecule has 1 aromatic carbocycles. The van der Waals surface area contributed by atoms with Crippen molar-refractivity contribution < 1.29 is 19.1 Å². The number of hydrogen-bond acceptors (Lipinski definition) is 2. The number of benzene rings is 1. The minimum absolute atomic E-state index is 0.284. The van der Waals surface area contributed by atoms with Crippen LogP contribution in [0.5, 0.6) is 0 Å². The number of carbonyl (C=O) groups is 2. The van der Waals surface area contributed by atoms with Crippen LogP contribution in [0.4, 0.5) is 4.39 Å². The summed E-state index contributed by atoms with van der Waals surface area (Å²) in [5.41, 5.74) is -1.01. The Morgan fingerprint density at radius 1 is 1.45 bits per heavy atom. The van der Waals surface area contributed by atoms with Gasteiger partial charge in [0, 0.05) is 22.4 Å². The number of nitrogens with one attached hydrogen (secondary N) is 1. The molecule has 4 nitrogen and oxygen atoms in total. The van der Waals surface area contributed by atoms with Crippen LogP contribution in [0.3, 0.4) is 0 Å². The largest absolute Gasteiger partial charge is 0.480 e. The molecule has 1 amide bonds. The van der Waals surface area contributed by atoms with E-state index in [9.17, 15) is 14.0 Å². The molecular formula is C14H15ClFNO3. The summed E-state index contributed by atoms with van der Waals surface area (Å²) in [6.45, 7) is 2.81. The molecule has 108 valence electrons. The normalized spacial score (nSPS) is 21.4. The molecule has 0 bridgehead atoms. The lowest BCUT2D eigenvalue weighted by atomic mass is 10.0. The second-order valence-electron chi connectivity index (χ2n) is 5.50. The van der Waals surface area contributed by atoms with Crippen LogP contribution in [-0.2, 0) is 9.59 Å². The summed E-state index contributed by atoms with van der Waals surface area (Å²) in [4.78, 5) is 23.0. The lowest BCUT2D eigenvalue weighted by Crippen LogP contribution is -2.50.